The zero-order chi connectivity index (χ0) is 14.5. The van der Waals surface area contributed by atoms with E-state index in [0.717, 1.165) is 17.0 Å². The number of nitrogens with one attached hydrogen (secondary N) is 1. The lowest BCUT2D eigenvalue weighted by molar-refractivity contribution is 0.191. The van der Waals surface area contributed by atoms with Crippen molar-refractivity contribution in [3.8, 4) is 5.75 Å². The van der Waals surface area contributed by atoms with Gasteiger partial charge in [0.2, 0.25) is 0 Å². The first-order chi connectivity index (χ1) is 9.61. The van der Waals surface area contributed by atoms with Gasteiger partial charge < -0.3 is 15.2 Å². The standard InChI is InChI=1S/C17H21NO2/c1-12-6-4-9-16(13(12)2)18-11-17(19)14-7-5-8-15(10-14)20-3/h4-10,17-19H,11H2,1-3H3. The highest BCUT2D eigenvalue weighted by Gasteiger charge is 2.09. The average Bonchev–Trinajstić information content (AvgIpc) is 2.48. The molecule has 2 aromatic rings. The van der Waals surface area contributed by atoms with Crippen LogP contribution in [0.25, 0.3) is 0 Å². The van der Waals surface area contributed by atoms with E-state index in [9.17, 15) is 5.11 Å². The van der Waals surface area contributed by atoms with Crippen molar-refractivity contribution in [2.75, 3.05) is 19.0 Å². The number of hydrogen-bond donors (Lipinski definition) is 2. The lowest BCUT2D eigenvalue weighted by atomic mass is 10.1. The third-order valence-corrected chi connectivity index (χ3v) is 3.57. The molecule has 20 heavy (non-hydrogen) atoms. The lowest BCUT2D eigenvalue weighted by Crippen LogP contribution is -2.13. The Hall–Kier alpha value is -2.00. The zero-order valence-corrected chi connectivity index (χ0v) is 12.2. The topological polar surface area (TPSA) is 41.5 Å². The normalized spacial score (nSPS) is 12.0. The minimum atomic E-state index is -0.565. The SMILES string of the molecule is COc1cccc(C(O)CNc2cccc(C)c2C)c1. The van der Waals surface area contributed by atoms with E-state index >= 15 is 0 Å². The van der Waals surface area contributed by atoms with Crippen molar-refractivity contribution in [3.63, 3.8) is 0 Å². The van der Waals surface area contributed by atoms with Gasteiger partial charge in [0.25, 0.3) is 0 Å². The molecule has 106 valence electrons. The molecular weight excluding hydrogens is 250 g/mol. The molecule has 0 aliphatic rings. The Bertz CT molecular complexity index is 581. The van der Waals surface area contributed by atoms with Gasteiger partial charge in [0.1, 0.15) is 5.75 Å². The van der Waals surface area contributed by atoms with Gasteiger partial charge in [0, 0.05) is 12.2 Å². The van der Waals surface area contributed by atoms with Crippen LogP contribution in [0.4, 0.5) is 5.69 Å². The van der Waals surface area contributed by atoms with Crippen LogP contribution in [-0.4, -0.2) is 18.8 Å². The first kappa shape index (κ1) is 14.4. The molecule has 0 saturated heterocycles. The summed E-state index contributed by atoms with van der Waals surface area (Å²) >= 11 is 0. The van der Waals surface area contributed by atoms with Crippen LogP contribution >= 0.6 is 0 Å². The van der Waals surface area contributed by atoms with E-state index in [-0.39, 0.29) is 0 Å². The Labute approximate surface area is 120 Å². The van der Waals surface area contributed by atoms with E-state index in [2.05, 4.69) is 25.2 Å². The highest BCUT2D eigenvalue weighted by molar-refractivity contribution is 5.53. The van der Waals surface area contributed by atoms with E-state index in [1.54, 1.807) is 7.11 Å². The molecule has 0 spiro atoms. The molecule has 0 bridgehead atoms. The van der Waals surface area contributed by atoms with Crippen molar-refractivity contribution in [3.05, 3.63) is 59.2 Å². The molecule has 0 saturated carbocycles. The number of benzene rings is 2. The smallest absolute Gasteiger partial charge is 0.119 e. The summed E-state index contributed by atoms with van der Waals surface area (Å²) in [7, 11) is 1.62. The predicted molar refractivity (Wildman–Crippen MR) is 82.4 cm³/mol. The van der Waals surface area contributed by atoms with Crippen LogP contribution in [-0.2, 0) is 0 Å². The molecule has 3 nitrogen and oxygen atoms in total. The van der Waals surface area contributed by atoms with Crippen molar-refractivity contribution in [2.45, 2.75) is 20.0 Å². The van der Waals surface area contributed by atoms with Gasteiger partial charge in [-0.05, 0) is 48.7 Å². The molecule has 0 heterocycles. The zero-order valence-electron chi connectivity index (χ0n) is 12.2. The van der Waals surface area contributed by atoms with Crippen LogP contribution in [0.1, 0.15) is 22.8 Å². The number of anilines is 1. The monoisotopic (exact) mass is 271 g/mol. The maximum Gasteiger partial charge on any atom is 0.119 e. The summed E-state index contributed by atoms with van der Waals surface area (Å²) in [5.74, 6) is 0.758. The van der Waals surface area contributed by atoms with Gasteiger partial charge in [-0.15, -0.1) is 0 Å². The summed E-state index contributed by atoms with van der Waals surface area (Å²) in [4.78, 5) is 0. The molecule has 0 aliphatic carbocycles. The van der Waals surface area contributed by atoms with Gasteiger partial charge in [0.15, 0.2) is 0 Å². The number of aryl methyl sites for hydroxylation is 1. The number of aliphatic hydroxyl groups is 1. The second-order valence-corrected chi connectivity index (χ2v) is 4.92. The van der Waals surface area contributed by atoms with Gasteiger partial charge in [-0.1, -0.05) is 24.3 Å². The molecular formula is C17H21NO2. The predicted octanol–water partition coefficient (Wildman–Crippen LogP) is 3.46. The minimum Gasteiger partial charge on any atom is -0.497 e. The molecule has 1 unspecified atom stereocenters. The van der Waals surface area contributed by atoms with Crippen LogP contribution in [0.15, 0.2) is 42.5 Å². The highest BCUT2D eigenvalue weighted by Crippen LogP contribution is 2.22. The summed E-state index contributed by atoms with van der Waals surface area (Å²) in [6, 6.07) is 13.6. The first-order valence-corrected chi connectivity index (χ1v) is 6.74. The molecule has 2 aromatic carbocycles. The van der Waals surface area contributed by atoms with Gasteiger partial charge >= 0.3 is 0 Å². The van der Waals surface area contributed by atoms with E-state index in [0.29, 0.717) is 6.54 Å². The maximum atomic E-state index is 10.2. The molecule has 0 fully saturated rings. The Morgan fingerprint density at radius 3 is 2.65 bits per heavy atom. The lowest BCUT2D eigenvalue weighted by Gasteiger charge is -2.16. The minimum absolute atomic E-state index is 0.470. The number of methoxy groups -OCH3 is 1. The highest BCUT2D eigenvalue weighted by atomic mass is 16.5. The van der Waals surface area contributed by atoms with Crippen molar-refractivity contribution < 1.29 is 9.84 Å². The molecule has 0 amide bonds. The molecule has 0 aliphatic heterocycles. The molecule has 1 atom stereocenters. The Morgan fingerprint density at radius 2 is 1.90 bits per heavy atom. The summed E-state index contributed by atoms with van der Waals surface area (Å²) in [5, 5.41) is 13.5. The van der Waals surface area contributed by atoms with E-state index in [1.807, 2.05) is 36.4 Å². The number of rotatable bonds is 5. The molecule has 3 heteroatoms. The van der Waals surface area contributed by atoms with Crippen LogP contribution in [0.2, 0.25) is 0 Å². The number of ether oxygens (including phenoxy) is 1. The van der Waals surface area contributed by atoms with E-state index in [1.165, 1.54) is 11.1 Å². The van der Waals surface area contributed by atoms with Crippen LogP contribution in [0.3, 0.4) is 0 Å². The fourth-order valence-electron chi connectivity index (χ4n) is 2.12. The summed E-state index contributed by atoms with van der Waals surface area (Å²) < 4.78 is 5.17. The van der Waals surface area contributed by atoms with Crippen LogP contribution in [0, 0.1) is 13.8 Å². The van der Waals surface area contributed by atoms with Gasteiger partial charge in [-0.2, -0.15) is 0 Å². The van der Waals surface area contributed by atoms with E-state index in [4.69, 9.17) is 4.74 Å². The Kier molecular flexibility index (Phi) is 4.64. The van der Waals surface area contributed by atoms with Gasteiger partial charge in [0.05, 0.1) is 13.2 Å². The van der Waals surface area contributed by atoms with Crippen LogP contribution in [0.5, 0.6) is 5.75 Å². The molecule has 2 N–H and O–H groups in total. The fraction of sp³-hybridized carbons (Fsp3) is 0.294. The average molecular weight is 271 g/mol. The third-order valence-electron chi connectivity index (χ3n) is 3.57. The summed E-state index contributed by atoms with van der Waals surface area (Å²) in [5.41, 5.74) is 4.37. The Balaban J connectivity index is 2.04. The molecule has 0 aromatic heterocycles. The largest absolute Gasteiger partial charge is 0.497 e. The second kappa shape index (κ2) is 6.44. The second-order valence-electron chi connectivity index (χ2n) is 4.92. The van der Waals surface area contributed by atoms with Crippen molar-refractivity contribution in [1.29, 1.82) is 0 Å². The fourth-order valence-corrected chi connectivity index (χ4v) is 2.12. The van der Waals surface area contributed by atoms with Gasteiger partial charge in [-0.3, -0.25) is 0 Å². The van der Waals surface area contributed by atoms with Crippen molar-refractivity contribution in [1.82, 2.24) is 0 Å². The number of aliphatic hydroxyl groups excluding tert-OH is 1. The number of hydrogen-bond acceptors (Lipinski definition) is 3. The van der Waals surface area contributed by atoms with E-state index < -0.39 is 6.10 Å². The first-order valence-electron chi connectivity index (χ1n) is 6.74. The molecule has 2 rings (SSSR count). The molecule has 0 radical (unpaired) electrons. The maximum absolute atomic E-state index is 10.2. The summed E-state index contributed by atoms with van der Waals surface area (Å²) in [6.45, 7) is 4.63. The van der Waals surface area contributed by atoms with Crippen molar-refractivity contribution >= 4 is 5.69 Å². The quantitative estimate of drug-likeness (QED) is 0.875. The van der Waals surface area contributed by atoms with Gasteiger partial charge in [-0.25, -0.2) is 0 Å². The third kappa shape index (κ3) is 3.31. The summed E-state index contributed by atoms with van der Waals surface area (Å²) in [6.07, 6.45) is -0.565. The Morgan fingerprint density at radius 1 is 1.15 bits per heavy atom. The van der Waals surface area contributed by atoms with Crippen LogP contribution < -0.4 is 10.1 Å². The van der Waals surface area contributed by atoms with Crippen molar-refractivity contribution in [2.24, 2.45) is 0 Å².